The number of amides is 1. The number of nitrogens with one attached hydrogen (secondary N) is 1. The molecule has 1 aromatic carbocycles. The van der Waals surface area contributed by atoms with Crippen LogP contribution in [-0.4, -0.2) is 25.1 Å². The standard InChI is InChI=1S/C24H19N5O3/c1-16-6-4-12-28-14-20(26-24(16)28)17-7-2-3-8-18(17)25-22(30)15-29-23(31)11-10-19(27-29)21-9-5-13-32-21/h2-14H,15H2,1H3,(H,25,30). The van der Waals surface area contributed by atoms with Gasteiger partial charge in [-0.3, -0.25) is 9.59 Å². The van der Waals surface area contributed by atoms with Gasteiger partial charge in [-0.25, -0.2) is 9.67 Å². The molecule has 8 nitrogen and oxygen atoms in total. The number of hydrogen-bond donors (Lipinski definition) is 1. The van der Waals surface area contributed by atoms with Crippen LogP contribution in [0.2, 0.25) is 0 Å². The van der Waals surface area contributed by atoms with Crippen LogP contribution in [0.4, 0.5) is 5.69 Å². The predicted octanol–water partition coefficient (Wildman–Crippen LogP) is 3.77. The Kier molecular flexibility index (Phi) is 4.87. The smallest absolute Gasteiger partial charge is 0.267 e. The van der Waals surface area contributed by atoms with Crippen LogP contribution >= 0.6 is 0 Å². The Bertz CT molecular complexity index is 1480. The van der Waals surface area contributed by atoms with Crippen LogP contribution in [0.15, 0.2) is 88.5 Å². The van der Waals surface area contributed by atoms with Crippen LogP contribution in [0.25, 0.3) is 28.4 Å². The van der Waals surface area contributed by atoms with E-state index in [2.05, 4.69) is 10.4 Å². The third kappa shape index (κ3) is 3.69. The summed E-state index contributed by atoms with van der Waals surface area (Å²) >= 11 is 0. The molecule has 4 aromatic heterocycles. The second kappa shape index (κ2) is 7.99. The van der Waals surface area contributed by atoms with Crippen molar-refractivity contribution in [1.29, 1.82) is 0 Å². The fourth-order valence-electron chi connectivity index (χ4n) is 3.54. The molecule has 5 aromatic rings. The Hall–Kier alpha value is -4.46. The molecule has 1 amide bonds. The lowest BCUT2D eigenvalue weighted by molar-refractivity contribution is -0.117. The summed E-state index contributed by atoms with van der Waals surface area (Å²) in [7, 11) is 0. The minimum absolute atomic E-state index is 0.230. The van der Waals surface area contributed by atoms with Gasteiger partial charge < -0.3 is 14.1 Å². The third-order valence-electron chi connectivity index (χ3n) is 5.09. The molecule has 4 heterocycles. The normalized spacial score (nSPS) is 11.0. The van der Waals surface area contributed by atoms with Crippen molar-refractivity contribution < 1.29 is 9.21 Å². The Labute approximate surface area is 182 Å². The number of aryl methyl sites for hydroxylation is 1. The summed E-state index contributed by atoms with van der Waals surface area (Å²) in [5.74, 6) is 0.148. The molecular weight excluding hydrogens is 406 g/mol. The van der Waals surface area contributed by atoms with Gasteiger partial charge in [-0.15, -0.1) is 0 Å². The van der Waals surface area contributed by atoms with Crippen LogP contribution < -0.4 is 10.9 Å². The monoisotopic (exact) mass is 425 g/mol. The summed E-state index contributed by atoms with van der Waals surface area (Å²) in [5.41, 5.74) is 4.14. The van der Waals surface area contributed by atoms with Crippen LogP contribution in [0.5, 0.6) is 0 Å². The number of imidazole rings is 1. The molecular formula is C24H19N5O3. The number of aromatic nitrogens is 4. The van der Waals surface area contributed by atoms with E-state index in [0.29, 0.717) is 17.1 Å². The molecule has 0 aliphatic heterocycles. The highest BCUT2D eigenvalue weighted by Crippen LogP contribution is 2.28. The van der Waals surface area contributed by atoms with Gasteiger partial charge in [0.1, 0.15) is 17.9 Å². The first kappa shape index (κ1) is 19.5. The average Bonchev–Trinajstić information content (AvgIpc) is 3.46. The van der Waals surface area contributed by atoms with Crippen LogP contribution in [0.1, 0.15) is 5.56 Å². The first-order valence-corrected chi connectivity index (χ1v) is 10.0. The molecule has 0 spiro atoms. The van der Waals surface area contributed by atoms with Crippen LogP contribution in [-0.2, 0) is 11.3 Å². The van der Waals surface area contributed by atoms with Gasteiger partial charge in [0.05, 0.1) is 17.6 Å². The van der Waals surface area contributed by atoms with E-state index in [1.807, 2.05) is 54.0 Å². The van der Waals surface area contributed by atoms with Crippen LogP contribution in [0.3, 0.4) is 0 Å². The molecule has 0 fully saturated rings. The second-order valence-corrected chi connectivity index (χ2v) is 7.33. The highest BCUT2D eigenvalue weighted by molar-refractivity contribution is 5.95. The fourth-order valence-corrected chi connectivity index (χ4v) is 3.54. The minimum atomic E-state index is -0.375. The molecule has 0 unspecified atom stereocenters. The number of carbonyl (C=O) groups excluding carboxylic acids is 1. The molecule has 0 radical (unpaired) electrons. The van der Waals surface area contributed by atoms with Crippen LogP contribution in [0, 0.1) is 6.92 Å². The first-order chi connectivity index (χ1) is 15.6. The zero-order valence-electron chi connectivity index (χ0n) is 17.2. The van der Waals surface area contributed by atoms with Crippen molar-refractivity contribution in [1.82, 2.24) is 19.2 Å². The van der Waals surface area contributed by atoms with Gasteiger partial charge in [-0.1, -0.05) is 24.3 Å². The van der Waals surface area contributed by atoms with Crippen molar-refractivity contribution in [3.8, 4) is 22.7 Å². The predicted molar refractivity (Wildman–Crippen MR) is 120 cm³/mol. The van der Waals surface area contributed by atoms with E-state index in [0.717, 1.165) is 27.1 Å². The maximum absolute atomic E-state index is 12.8. The summed E-state index contributed by atoms with van der Waals surface area (Å²) in [6.45, 7) is 1.77. The molecule has 0 saturated heterocycles. The van der Waals surface area contributed by atoms with E-state index < -0.39 is 0 Å². The molecule has 0 bridgehead atoms. The fraction of sp³-hybridized carbons (Fsp3) is 0.0833. The maximum atomic E-state index is 12.8. The number of pyridine rings is 1. The van der Waals surface area contributed by atoms with Gasteiger partial charge in [-0.2, -0.15) is 5.10 Å². The van der Waals surface area contributed by atoms with Crippen molar-refractivity contribution in [2.75, 3.05) is 5.32 Å². The van der Waals surface area contributed by atoms with Crippen molar-refractivity contribution in [2.24, 2.45) is 0 Å². The van der Waals surface area contributed by atoms with Gasteiger partial charge >= 0.3 is 0 Å². The van der Waals surface area contributed by atoms with Gasteiger partial charge in [0.25, 0.3) is 5.56 Å². The van der Waals surface area contributed by atoms with E-state index in [1.54, 1.807) is 24.3 Å². The number of para-hydroxylation sites is 1. The molecule has 0 saturated carbocycles. The lowest BCUT2D eigenvalue weighted by atomic mass is 10.1. The molecule has 0 aliphatic carbocycles. The number of fused-ring (bicyclic) bond motifs is 1. The number of anilines is 1. The minimum Gasteiger partial charge on any atom is -0.463 e. The molecule has 5 rings (SSSR count). The number of benzene rings is 1. The third-order valence-corrected chi connectivity index (χ3v) is 5.09. The van der Waals surface area contributed by atoms with Crippen molar-refractivity contribution >= 4 is 17.2 Å². The molecule has 32 heavy (non-hydrogen) atoms. The van der Waals surface area contributed by atoms with Gasteiger partial charge in [0, 0.05) is 24.0 Å². The van der Waals surface area contributed by atoms with Gasteiger partial charge in [0.15, 0.2) is 5.76 Å². The van der Waals surface area contributed by atoms with E-state index in [4.69, 9.17) is 9.40 Å². The summed E-state index contributed by atoms with van der Waals surface area (Å²) in [4.78, 5) is 29.7. The van der Waals surface area contributed by atoms with E-state index >= 15 is 0 Å². The largest absolute Gasteiger partial charge is 0.463 e. The highest BCUT2D eigenvalue weighted by Gasteiger charge is 2.14. The summed E-state index contributed by atoms with van der Waals surface area (Å²) in [5, 5.41) is 7.14. The zero-order valence-corrected chi connectivity index (χ0v) is 17.2. The van der Waals surface area contributed by atoms with E-state index in [9.17, 15) is 9.59 Å². The van der Waals surface area contributed by atoms with E-state index in [1.165, 1.54) is 12.3 Å². The summed E-state index contributed by atoms with van der Waals surface area (Å²) in [6, 6.07) is 17.8. The molecule has 0 aliphatic rings. The quantitative estimate of drug-likeness (QED) is 0.463. The van der Waals surface area contributed by atoms with Crippen molar-refractivity contribution in [3.05, 3.63) is 95.2 Å². The summed E-state index contributed by atoms with van der Waals surface area (Å²) in [6.07, 6.45) is 5.38. The van der Waals surface area contributed by atoms with Crippen molar-refractivity contribution in [2.45, 2.75) is 13.5 Å². The van der Waals surface area contributed by atoms with Gasteiger partial charge in [0.2, 0.25) is 5.91 Å². The lowest BCUT2D eigenvalue weighted by Crippen LogP contribution is -2.29. The van der Waals surface area contributed by atoms with E-state index in [-0.39, 0.29) is 18.0 Å². The highest BCUT2D eigenvalue weighted by atomic mass is 16.3. The lowest BCUT2D eigenvalue weighted by Gasteiger charge is -2.10. The average molecular weight is 425 g/mol. The molecule has 8 heteroatoms. The number of rotatable bonds is 5. The first-order valence-electron chi connectivity index (χ1n) is 10.0. The number of nitrogens with zero attached hydrogens (tertiary/aromatic N) is 4. The number of carbonyl (C=O) groups is 1. The zero-order chi connectivity index (χ0) is 22.1. The number of hydrogen-bond acceptors (Lipinski definition) is 5. The second-order valence-electron chi connectivity index (χ2n) is 7.33. The molecule has 158 valence electrons. The summed E-state index contributed by atoms with van der Waals surface area (Å²) < 4.78 is 8.39. The van der Waals surface area contributed by atoms with Crippen molar-refractivity contribution in [3.63, 3.8) is 0 Å². The SMILES string of the molecule is Cc1cccn2cc(-c3ccccc3NC(=O)Cn3nc(-c4ccco4)ccc3=O)nc12. The Morgan fingerprint density at radius 1 is 1.03 bits per heavy atom. The maximum Gasteiger partial charge on any atom is 0.267 e. The Morgan fingerprint density at radius 2 is 1.91 bits per heavy atom. The molecule has 1 N–H and O–H groups in total. The topological polar surface area (TPSA) is 94.4 Å². The van der Waals surface area contributed by atoms with Gasteiger partial charge in [-0.05, 0) is 42.8 Å². The molecule has 0 atom stereocenters. The Morgan fingerprint density at radius 3 is 2.72 bits per heavy atom. The Balaban J connectivity index is 1.42. The number of furan rings is 1.